The van der Waals surface area contributed by atoms with E-state index in [1.54, 1.807) is 0 Å². The van der Waals surface area contributed by atoms with Gasteiger partial charge in [-0.05, 0) is 47.1 Å². The van der Waals surface area contributed by atoms with Crippen molar-refractivity contribution >= 4 is 17.3 Å². The van der Waals surface area contributed by atoms with Crippen LogP contribution in [-0.2, 0) is 11.8 Å². The van der Waals surface area contributed by atoms with E-state index in [2.05, 4.69) is 63.3 Å². The predicted molar refractivity (Wildman–Crippen MR) is 91.4 cm³/mol. The SMILES string of the molecule is Cc1c(Cl)ccc2c1NC(c1ccc(C(C)(C)C)cc1)C2. The highest BCUT2D eigenvalue weighted by atomic mass is 35.5. The van der Waals surface area contributed by atoms with Crippen LogP contribution in [0.3, 0.4) is 0 Å². The molecule has 2 heteroatoms. The Kier molecular flexibility index (Phi) is 3.49. The highest BCUT2D eigenvalue weighted by molar-refractivity contribution is 6.31. The molecule has 1 N–H and O–H groups in total. The summed E-state index contributed by atoms with van der Waals surface area (Å²) in [5, 5.41) is 4.47. The summed E-state index contributed by atoms with van der Waals surface area (Å²) in [6, 6.07) is 13.5. The van der Waals surface area contributed by atoms with Crippen LogP contribution in [0.2, 0.25) is 5.02 Å². The third-order valence-corrected chi connectivity index (χ3v) is 4.82. The van der Waals surface area contributed by atoms with Crippen LogP contribution in [0.25, 0.3) is 0 Å². The van der Waals surface area contributed by atoms with Crippen molar-refractivity contribution in [1.82, 2.24) is 0 Å². The molecule has 1 nitrogen and oxygen atoms in total. The van der Waals surface area contributed by atoms with Gasteiger partial charge in [0.2, 0.25) is 0 Å². The first-order chi connectivity index (χ1) is 9.86. The fourth-order valence-corrected chi connectivity index (χ4v) is 3.13. The molecule has 0 saturated carbocycles. The summed E-state index contributed by atoms with van der Waals surface area (Å²) >= 11 is 6.22. The van der Waals surface area contributed by atoms with Crippen molar-refractivity contribution < 1.29 is 0 Å². The summed E-state index contributed by atoms with van der Waals surface area (Å²) in [7, 11) is 0. The Hall–Kier alpha value is -1.47. The summed E-state index contributed by atoms with van der Waals surface area (Å²) in [6.07, 6.45) is 1.03. The topological polar surface area (TPSA) is 12.0 Å². The van der Waals surface area contributed by atoms with Gasteiger partial charge in [-0.25, -0.2) is 0 Å². The summed E-state index contributed by atoms with van der Waals surface area (Å²) in [4.78, 5) is 0. The molecule has 2 aromatic carbocycles. The maximum Gasteiger partial charge on any atom is 0.0555 e. The van der Waals surface area contributed by atoms with Crippen LogP contribution in [0.15, 0.2) is 36.4 Å². The number of halogens is 1. The van der Waals surface area contributed by atoms with Gasteiger partial charge in [-0.15, -0.1) is 0 Å². The molecule has 0 aliphatic carbocycles. The van der Waals surface area contributed by atoms with Gasteiger partial charge in [-0.3, -0.25) is 0 Å². The van der Waals surface area contributed by atoms with E-state index >= 15 is 0 Å². The van der Waals surface area contributed by atoms with Crippen molar-refractivity contribution in [3.05, 3.63) is 63.7 Å². The molecule has 3 rings (SSSR count). The van der Waals surface area contributed by atoms with Crippen LogP contribution in [0.1, 0.15) is 49.1 Å². The molecule has 110 valence electrons. The maximum absolute atomic E-state index is 6.22. The van der Waals surface area contributed by atoms with Gasteiger partial charge >= 0.3 is 0 Å². The molecule has 0 fully saturated rings. The number of hydrogen-bond donors (Lipinski definition) is 1. The molecule has 0 bridgehead atoms. The second-order valence-corrected chi connectivity index (χ2v) is 7.39. The van der Waals surface area contributed by atoms with Crippen LogP contribution >= 0.6 is 11.6 Å². The number of fused-ring (bicyclic) bond motifs is 1. The number of benzene rings is 2. The Morgan fingerprint density at radius 3 is 2.33 bits per heavy atom. The second-order valence-electron chi connectivity index (χ2n) is 6.98. The lowest BCUT2D eigenvalue weighted by Crippen LogP contribution is -2.12. The third kappa shape index (κ3) is 2.67. The minimum absolute atomic E-state index is 0.203. The van der Waals surface area contributed by atoms with E-state index in [9.17, 15) is 0 Å². The van der Waals surface area contributed by atoms with Crippen LogP contribution < -0.4 is 5.32 Å². The molecule has 21 heavy (non-hydrogen) atoms. The van der Waals surface area contributed by atoms with Crippen LogP contribution in [-0.4, -0.2) is 0 Å². The minimum atomic E-state index is 0.203. The molecule has 1 aliphatic heterocycles. The standard InChI is InChI=1S/C19H22ClN/c1-12-16(20)10-7-14-11-17(21-18(12)14)13-5-8-15(9-6-13)19(2,3)4/h5-10,17,21H,11H2,1-4H3. The van der Waals surface area contributed by atoms with Crippen molar-refractivity contribution in [2.24, 2.45) is 0 Å². The first kappa shape index (κ1) is 14.5. The first-order valence-corrected chi connectivity index (χ1v) is 7.89. The van der Waals surface area contributed by atoms with Gasteiger partial charge in [-0.1, -0.05) is 62.7 Å². The van der Waals surface area contributed by atoms with E-state index in [0.717, 1.165) is 17.0 Å². The number of anilines is 1. The predicted octanol–water partition coefficient (Wildman–Crippen LogP) is 5.66. The summed E-state index contributed by atoms with van der Waals surface area (Å²) < 4.78 is 0. The molecule has 0 saturated heterocycles. The molecule has 0 amide bonds. The third-order valence-electron chi connectivity index (χ3n) is 4.41. The smallest absolute Gasteiger partial charge is 0.0555 e. The van der Waals surface area contributed by atoms with Gasteiger partial charge in [-0.2, -0.15) is 0 Å². The van der Waals surface area contributed by atoms with E-state index in [1.165, 1.54) is 22.4 Å². The quantitative estimate of drug-likeness (QED) is 0.717. The fraction of sp³-hybridized carbons (Fsp3) is 0.368. The van der Waals surface area contributed by atoms with Crippen molar-refractivity contribution in [2.45, 2.75) is 45.6 Å². The fourth-order valence-electron chi connectivity index (χ4n) is 2.98. The molecule has 1 heterocycles. The highest BCUT2D eigenvalue weighted by Gasteiger charge is 2.24. The number of rotatable bonds is 1. The zero-order valence-corrected chi connectivity index (χ0v) is 13.9. The first-order valence-electron chi connectivity index (χ1n) is 7.51. The Labute approximate surface area is 132 Å². The number of nitrogens with one attached hydrogen (secondary N) is 1. The molecule has 0 aromatic heterocycles. The average molecular weight is 300 g/mol. The molecular formula is C19H22ClN. The largest absolute Gasteiger partial charge is 0.377 e. The molecule has 0 radical (unpaired) electrons. The zero-order chi connectivity index (χ0) is 15.2. The van der Waals surface area contributed by atoms with Crippen LogP contribution in [0, 0.1) is 6.92 Å². The van der Waals surface area contributed by atoms with Gasteiger partial charge in [0.25, 0.3) is 0 Å². The van der Waals surface area contributed by atoms with E-state index in [4.69, 9.17) is 11.6 Å². The molecule has 0 spiro atoms. The van der Waals surface area contributed by atoms with E-state index in [1.807, 2.05) is 6.07 Å². The lowest BCUT2D eigenvalue weighted by atomic mass is 9.86. The van der Waals surface area contributed by atoms with Crippen LogP contribution in [0.4, 0.5) is 5.69 Å². The Morgan fingerprint density at radius 2 is 1.71 bits per heavy atom. The molecular weight excluding hydrogens is 278 g/mol. The van der Waals surface area contributed by atoms with Gasteiger partial charge in [0.05, 0.1) is 6.04 Å². The minimum Gasteiger partial charge on any atom is -0.377 e. The molecule has 1 unspecified atom stereocenters. The van der Waals surface area contributed by atoms with Gasteiger partial charge in [0.1, 0.15) is 0 Å². The van der Waals surface area contributed by atoms with Crippen molar-refractivity contribution in [3.8, 4) is 0 Å². The van der Waals surface area contributed by atoms with Gasteiger partial charge in [0, 0.05) is 10.7 Å². The summed E-state index contributed by atoms with van der Waals surface area (Å²) in [5.74, 6) is 0. The second kappa shape index (κ2) is 5.06. The van der Waals surface area contributed by atoms with Gasteiger partial charge in [0.15, 0.2) is 0 Å². The average Bonchev–Trinajstić information content (AvgIpc) is 2.87. The van der Waals surface area contributed by atoms with Crippen molar-refractivity contribution in [3.63, 3.8) is 0 Å². The normalized spacial score (nSPS) is 17.5. The lowest BCUT2D eigenvalue weighted by Gasteiger charge is -2.20. The zero-order valence-electron chi connectivity index (χ0n) is 13.1. The van der Waals surface area contributed by atoms with E-state index in [0.29, 0.717) is 6.04 Å². The Morgan fingerprint density at radius 1 is 1.05 bits per heavy atom. The van der Waals surface area contributed by atoms with Crippen LogP contribution in [0.5, 0.6) is 0 Å². The highest BCUT2D eigenvalue weighted by Crippen LogP contribution is 2.39. The Bertz CT molecular complexity index is 665. The maximum atomic E-state index is 6.22. The molecule has 1 atom stereocenters. The van der Waals surface area contributed by atoms with Gasteiger partial charge < -0.3 is 5.32 Å². The Balaban J connectivity index is 1.86. The van der Waals surface area contributed by atoms with E-state index in [-0.39, 0.29) is 5.41 Å². The van der Waals surface area contributed by atoms with E-state index < -0.39 is 0 Å². The summed E-state index contributed by atoms with van der Waals surface area (Å²) in [5.41, 5.74) is 6.65. The van der Waals surface area contributed by atoms with Crippen molar-refractivity contribution in [2.75, 3.05) is 5.32 Å². The molecule has 2 aromatic rings. The van der Waals surface area contributed by atoms with Crippen molar-refractivity contribution in [1.29, 1.82) is 0 Å². The molecule has 1 aliphatic rings. The number of hydrogen-bond acceptors (Lipinski definition) is 1. The summed E-state index contributed by atoms with van der Waals surface area (Å²) in [6.45, 7) is 8.82. The lowest BCUT2D eigenvalue weighted by molar-refractivity contribution is 0.589. The monoisotopic (exact) mass is 299 g/mol.